The molecule has 1 N–H and O–H groups in total. The van der Waals surface area contributed by atoms with Gasteiger partial charge in [-0.3, -0.25) is 0 Å². The molecule has 4 heteroatoms. The number of hydrogen-bond acceptors (Lipinski definition) is 4. The highest BCUT2D eigenvalue weighted by molar-refractivity contribution is 7.12. The van der Waals surface area contributed by atoms with Crippen molar-refractivity contribution < 1.29 is 14.6 Å². The fourth-order valence-corrected chi connectivity index (χ4v) is 3.18. The topological polar surface area (TPSA) is 38.7 Å². The average Bonchev–Trinajstić information content (AvgIpc) is 2.75. The summed E-state index contributed by atoms with van der Waals surface area (Å²) in [5.41, 5.74) is 1.58. The summed E-state index contributed by atoms with van der Waals surface area (Å²) in [5.74, 6) is 1.27. The van der Waals surface area contributed by atoms with E-state index in [0.717, 1.165) is 10.4 Å². The molecule has 0 radical (unpaired) electrons. The first-order valence-electron chi connectivity index (χ1n) is 6.04. The molecule has 102 valence electrons. The zero-order valence-electron chi connectivity index (χ0n) is 11.6. The van der Waals surface area contributed by atoms with Crippen LogP contribution in [0.5, 0.6) is 11.5 Å². The Labute approximate surface area is 117 Å². The number of aryl methyl sites for hydroxylation is 2. The first-order valence-corrected chi connectivity index (χ1v) is 6.86. The van der Waals surface area contributed by atoms with E-state index in [4.69, 9.17) is 9.47 Å². The van der Waals surface area contributed by atoms with E-state index in [0.29, 0.717) is 17.1 Å². The molecule has 1 aromatic heterocycles. The molecular weight excluding hydrogens is 260 g/mol. The van der Waals surface area contributed by atoms with Crippen molar-refractivity contribution in [2.45, 2.75) is 20.0 Å². The number of methoxy groups -OCH3 is 2. The predicted molar refractivity (Wildman–Crippen MR) is 77.4 cm³/mol. The van der Waals surface area contributed by atoms with Crippen molar-refractivity contribution in [3.05, 3.63) is 45.1 Å². The monoisotopic (exact) mass is 278 g/mol. The van der Waals surface area contributed by atoms with E-state index in [-0.39, 0.29) is 0 Å². The molecule has 0 aliphatic rings. The minimum atomic E-state index is -0.740. The van der Waals surface area contributed by atoms with Gasteiger partial charge in [0.25, 0.3) is 0 Å². The molecule has 1 unspecified atom stereocenters. The second-order valence-corrected chi connectivity index (χ2v) is 5.81. The van der Waals surface area contributed by atoms with Gasteiger partial charge in [-0.15, -0.1) is 11.3 Å². The SMILES string of the molecule is COc1cccc(OC)c1C(O)c1cc(C)sc1C. The number of hydrogen-bond donors (Lipinski definition) is 1. The minimum Gasteiger partial charge on any atom is -0.496 e. The van der Waals surface area contributed by atoms with Crippen LogP contribution in [-0.2, 0) is 0 Å². The van der Waals surface area contributed by atoms with Gasteiger partial charge in [0.05, 0.1) is 19.8 Å². The predicted octanol–water partition coefficient (Wildman–Crippen LogP) is 3.46. The highest BCUT2D eigenvalue weighted by Gasteiger charge is 2.22. The molecule has 0 saturated carbocycles. The average molecular weight is 278 g/mol. The highest BCUT2D eigenvalue weighted by Crippen LogP contribution is 2.39. The maximum atomic E-state index is 10.7. The van der Waals surface area contributed by atoms with Crippen LogP contribution < -0.4 is 9.47 Å². The van der Waals surface area contributed by atoms with Gasteiger partial charge < -0.3 is 14.6 Å². The second-order valence-electron chi connectivity index (χ2n) is 4.35. The Bertz CT molecular complexity index is 553. The Balaban J connectivity index is 2.54. The molecule has 1 atom stereocenters. The molecule has 1 aromatic carbocycles. The van der Waals surface area contributed by atoms with Crippen LogP contribution in [0.3, 0.4) is 0 Å². The molecule has 0 bridgehead atoms. The Morgan fingerprint density at radius 2 is 1.68 bits per heavy atom. The molecule has 0 spiro atoms. The zero-order valence-corrected chi connectivity index (χ0v) is 12.4. The summed E-state index contributed by atoms with van der Waals surface area (Å²) in [4.78, 5) is 2.29. The summed E-state index contributed by atoms with van der Waals surface area (Å²) in [6.45, 7) is 4.05. The lowest BCUT2D eigenvalue weighted by Crippen LogP contribution is -2.05. The lowest BCUT2D eigenvalue weighted by atomic mass is 10.00. The third-order valence-corrected chi connectivity index (χ3v) is 4.10. The number of ether oxygens (including phenoxy) is 2. The van der Waals surface area contributed by atoms with Gasteiger partial charge in [-0.25, -0.2) is 0 Å². The molecule has 0 fully saturated rings. The summed E-state index contributed by atoms with van der Waals surface area (Å²) < 4.78 is 10.7. The molecule has 0 aliphatic heterocycles. The van der Waals surface area contributed by atoms with Gasteiger partial charge >= 0.3 is 0 Å². The quantitative estimate of drug-likeness (QED) is 0.930. The second kappa shape index (κ2) is 5.63. The van der Waals surface area contributed by atoms with Crippen molar-refractivity contribution >= 4 is 11.3 Å². The molecule has 2 rings (SSSR count). The first-order chi connectivity index (χ1) is 9.08. The first kappa shape index (κ1) is 13.9. The Kier molecular flexibility index (Phi) is 4.12. The van der Waals surface area contributed by atoms with Gasteiger partial charge in [0.1, 0.15) is 17.6 Å². The van der Waals surface area contributed by atoms with Gasteiger partial charge in [0.2, 0.25) is 0 Å². The van der Waals surface area contributed by atoms with E-state index >= 15 is 0 Å². The van der Waals surface area contributed by atoms with Crippen LogP contribution in [0.2, 0.25) is 0 Å². The normalized spacial score (nSPS) is 12.3. The number of benzene rings is 1. The molecule has 1 heterocycles. The van der Waals surface area contributed by atoms with Gasteiger partial charge in [0.15, 0.2) is 0 Å². The maximum absolute atomic E-state index is 10.7. The van der Waals surface area contributed by atoms with E-state index in [1.54, 1.807) is 25.6 Å². The minimum absolute atomic E-state index is 0.634. The summed E-state index contributed by atoms with van der Waals surface area (Å²) in [6, 6.07) is 7.52. The van der Waals surface area contributed by atoms with Gasteiger partial charge in [-0.2, -0.15) is 0 Å². The summed E-state index contributed by atoms with van der Waals surface area (Å²) in [7, 11) is 3.19. The molecule has 0 aliphatic carbocycles. The van der Waals surface area contributed by atoms with Crippen LogP contribution in [0.1, 0.15) is 27.0 Å². The van der Waals surface area contributed by atoms with Crippen LogP contribution in [0.4, 0.5) is 0 Å². The Morgan fingerprint density at radius 1 is 1.11 bits per heavy atom. The van der Waals surface area contributed by atoms with E-state index < -0.39 is 6.10 Å². The van der Waals surface area contributed by atoms with E-state index in [1.165, 1.54) is 4.88 Å². The van der Waals surface area contributed by atoms with E-state index in [2.05, 4.69) is 0 Å². The molecule has 2 aromatic rings. The largest absolute Gasteiger partial charge is 0.496 e. The summed E-state index contributed by atoms with van der Waals surface area (Å²) in [5, 5.41) is 10.7. The van der Waals surface area contributed by atoms with Crippen LogP contribution in [0.15, 0.2) is 24.3 Å². The van der Waals surface area contributed by atoms with Crippen molar-refractivity contribution in [1.29, 1.82) is 0 Å². The Hall–Kier alpha value is -1.52. The van der Waals surface area contributed by atoms with Crippen molar-refractivity contribution in [3.63, 3.8) is 0 Å². The highest BCUT2D eigenvalue weighted by atomic mass is 32.1. The maximum Gasteiger partial charge on any atom is 0.128 e. The standard InChI is InChI=1S/C15H18O3S/c1-9-8-11(10(2)19-9)15(16)14-12(17-3)6-5-7-13(14)18-4/h5-8,15-16H,1-4H3. The lowest BCUT2D eigenvalue weighted by molar-refractivity contribution is 0.208. The van der Waals surface area contributed by atoms with Crippen molar-refractivity contribution in [3.8, 4) is 11.5 Å². The molecule has 19 heavy (non-hydrogen) atoms. The third-order valence-electron chi connectivity index (χ3n) is 3.11. The van der Waals surface area contributed by atoms with Crippen LogP contribution in [0, 0.1) is 13.8 Å². The number of rotatable bonds is 4. The smallest absolute Gasteiger partial charge is 0.128 e. The molecule has 0 saturated heterocycles. The third kappa shape index (κ3) is 2.60. The summed E-state index contributed by atoms with van der Waals surface area (Å²) >= 11 is 1.68. The summed E-state index contributed by atoms with van der Waals surface area (Å²) in [6.07, 6.45) is -0.740. The molecule has 3 nitrogen and oxygen atoms in total. The van der Waals surface area contributed by atoms with Crippen molar-refractivity contribution in [1.82, 2.24) is 0 Å². The van der Waals surface area contributed by atoms with Crippen molar-refractivity contribution in [2.75, 3.05) is 14.2 Å². The molecular formula is C15H18O3S. The number of thiophene rings is 1. The van der Waals surface area contributed by atoms with Crippen LogP contribution >= 0.6 is 11.3 Å². The van der Waals surface area contributed by atoms with Gasteiger partial charge in [0, 0.05) is 9.75 Å². The van der Waals surface area contributed by atoms with E-state index in [1.807, 2.05) is 38.1 Å². The lowest BCUT2D eigenvalue weighted by Gasteiger charge is -2.18. The van der Waals surface area contributed by atoms with Gasteiger partial charge in [-0.05, 0) is 37.6 Å². The van der Waals surface area contributed by atoms with Gasteiger partial charge in [-0.1, -0.05) is 6.07 Å². The zero-order chi connectivity index (χ0) is 14.0. The van der Waals surface area contributed by atoms with E-state index in [9.17, 15) is 5.11 Å². The fourth-order valence-electron chi connectivity index (χ4n) is 2.23. The number of aliphatic hydroxyl groups excluding tert-OH is 1. The molecule has 0 amide bonds. The Morgan fingerprint density at radius 3 is 2.11 bits per heavy atom. The van der Waals surface area contributed by atoms with Crippen molar-refractivity contribution in [2.24, 2.45) is 0 Å². The fraction of sp³-hybridized carbons (Fsp3) is 0.333. The van der Waals surface area contributed by atoms with Crippen LogP contribution in [-0.4, -0.2) is 19.3 Å². The van der Waals surface area contributed by atoms with Crippen LogP contribution in [0.25, 0.3) is 0 Å². The number of aliphatic hydroxyl groups is 1.